The maximum atomic E-state index is 13.0. The van der Waals surface area contributed by atoms with Crippen LogP contribution >= 0.6 is 0 Å². The van der Waals surface area contributed by atoms with Gasteiger partial charge in [-0.05, 0) is 43.4 Å². The van der Waals surface area contributed by atoms with E-state index in [0.29, 0.717) is 23.5 Å². The van der Waals surface area contributed by atoms with Crippen LogP contribution in [0.1, 0.15) is 48.0 Å². The minimum absolute atomic E-state index is 0.103. The van der Waals surface area contributed by atoms with E-state index in [2.05, 4.69) is 6.07 Å². The van der Waals surface area contributed by atoms with Crippen molar-refractivity contribution in [3.05, 3.63) is 35.4 Å². The molecule has 3 unspecified atom stereocenters. The second-order valence-electron chi connectivity index (χ2n) is 6.29. The molecule has 1 aromatic carbocycles. The van der Waals surface area contributed by atoms with E-state index in [9.17, 15) is 9.59 Å². The van der Waals surface area contributed by atoms with Gasteiger partial charge in [-0.3, -0.25) is 4.79 Å². The summed E-state index contributed by atoms with van der Waals surface area (Å²) in [7, 11) is 1.36. The zero-order chi connectivity index (χ0) is 16.4. The van der Waals surface area contributed by atoms with Crippen molar-refractivity contribution < 1.29 is 14.3 Å². The molecule has 2 aliphatic rings. The lowest BCUT2D eigenvalue weighted by atomic mass is 9.84. The van der Waals surface area contributed by atoms with Gasteiger partial charge in [0.05, 0.1) is 18.7 Å². The average molecular weight is 312 g/mol. The van der Waals surface area contributed by atoms with Crippen molar-refractivity contribution >= 4 is 11.9 Å². The number of ether oxygens (including phenoxy) is 1. The van der Waals surface area contributed by atoms with Crippen molar-refractivity contribution in [1.29, 1.82) is 5.26 Å². The van der Waals surface area contributed by atoms with Crippen LogP contribution in [0.4, 0.5) is 0 Å². The number of benzene rings is 1. The third-order valence-electron chi connectivity index (χ3n) is 5.03. The van der Waals surface area contributed by atoms with Crippen molar-refractivity contribution in [2.45, 2.75) is 44.2 Å². The summed E-state index contributed by atoms with van der Waals surface area (Å²) in [5, 5.41) is 9.03. The van der Waals surface area contributed by atoms with Gasteiger partial charge in [0.2, 0.25) is 0 Å². The molecule has 1 heterocycles. The van der Waals surface area contributed by atoms with Gasteiger partial charge >= 0.3 is 5.97 Å². The highest BCUT2D eigenvalue weighted by molar-refractivity contribution is 5.97. The number of methoxy groups -OCH3 is 1. The molecule has 3 rings (SSSR count). The lowest BCUT2D eigenvalue weighted by Crippen LogP contribution is -2.46. The lowest BCUT2D eigenvalue weighted by molar-refractivity contribution is -0.145. The molecule has 0 radical (unpaired) electrons. The number of hydrogen-bond donors (Lipinski definition) is 0. The van der Waals surface area contributed by atoms with Crippen molar-refractivity contribution in [3.63, 3.8) is 0 Å². The van der Waals surface area contributed by atoms with Crippen LogP contribution in [0.15, 0.2) is 24.3 Å². The molecule has 0 N–H and O–H groups in total. The predicted molar refractivity (Wildman–Crippen MR) is 83.5 cm³/mol. The van der Waals surface area contributed by atoms with E-state index >= 15 is 0 Å². The lowest BCUT2D eigenvalue weighted by Gasteiger charge is -2.33. The second-order valence-corrected chi connectivity index (χ2v) is 6.29. The Balaban J connectivity index is 1.94. The number of carbonyl (C=O) groups is 2. The van der Waals surface area contributed by atoms with Crippen LogP contribution in [0.3, 0.4) is 0 Å². The molecule has 1 saturated heterocycles. The number of nitrogens with zero attached hydrogens (tertiary/aromatic N) is 2. The van der Waals surface area contributed by atoms with Gasteiger partial charge in [0.25, 0.3) is 5.91 Å². The molecule has 1 saturated carbocycles. The van der Waals surface area contributed by atoms with Crippen LogP contribution in [-0.4, -0.2) is 36.0 Å². The second kappa shape index (κ2) is 6.41. The molecule has 2 fully saturated rings. The largest absolute Gasteiger partial charge is 0.467 e. The van der Waals surface area contributed by atoms with Gasteiger partial charge in [-0.2, -0.15) is 5.26 Å². The van der Waals surface area contributed by atoms with Crippen LogP contribution < -0.4 is 0 Å². The first kappa shape index (κ1) is 15.5. The Bertz CT molecular complexity index is 664. The smallest absolute Gasteiger partial charge is 0.328 e. The van der Waals surface area contributed by atoms with E-state index < -0.39 is 6.04 Å². The number of nitriles is 1. The van der Waals surface area contributed by atoms with Crippen molar-refractivity contribution in [2.24, 2.45) is 5.92 Å². The molecule has 120 valence electrons. The number of rotatable bonds is 2. The predicted octanol–water partition coefficient (Wildman–Crippen LogP) is 2.50. The standard InChI is InChI=1S/C18H20N2O3/c1-23-18(22)16-10-13-6-2-3-8-15(13)20(16)17(21)14-7-4-5-12(9-14)11-19/h4-5,7,9,13,15-16H,2-3,6,8,10H2,1H3. The van der Waals surface area contributed by atoms with Crippen LogP contribution in [0.2, 0.25) is 0 Å². The van der Waals surface area contributed by atoms with Gasteiger partial charge < -0.3 is 9.64 Å². The van der Waals surface area contributed by atoms with Crippen LogP contribution in [0, 0.1) is 17.2 Å². The zero-order valence-electron chi connectivity index (χ0n) is 13.2. The molecular formula is C18H20N2O3. The summed E-state index contributed by atoms with van der Waals surface area (Å²) in [6, 6.07) is 8.31. The van der Waals surface area contributed by atoms with E-state index in [4.69, 9.17) is 10.00 Å². The molecule has 0 aromatic heterocycles. The molecule has 1 aromatic rings. The van der Waals surface area contributed by atoms with Crippen LogP contribution in [0.5, 0.6) is 0 Å². The number of esters is 1. The minimum Gasteiger partial charge on any atom is -0.467 e. The molecule has 23 heavy (non-hydrogen) atoms. The molecule has 0 spiro atoms. The van der Waals surface area contributed by atoms with E-state index in [1.54, 1.807) is 29.2 Å². The van der Waals surface area contributed by atoms with Gasteiger partial charge in [-0.1, -0.05) is 18.9 Å². The van der Waals surface area contributed by atoms with Crippen LogP contribution in [-0.2, 0) is 9.53 Å². The highest BCUT2D eigenvalue weighted by atomic mass is 16.5. The fourth-order valence-corrected chi connectivity index (χ4v) is 3.97. The Kier molecular flexibility index (Phi) is 4.33. The van der Waals surface area contributed by atoms with Crippen molar-refractivity contribution in [3.8, 4) is 6.07 Å². The molecule has 5 nitrogen and oxygen atoms in total. The summed E-state index contributed by atoms with van der Waals surface area (Å²) < 4.78 is 4.92. The maximum absolute atomic E-state index is 13.0. The molecule has 1 amide bonds. The third-order valence-corrected chi connectivity index (χ3v) is 5.03. The number of likely N-dealkylation sites (tertiary alicyclic amines) is 1. The number of fused-ring (bicyclic) bond motifs is 1. The highest BCUT2D eigenvalue weighted by Crippen LogP contribution is 2.40. The Morgan fingerprint density at radius 2 is 2.09 bits per heavy atom. The zero-order valence-corrected chi connectivity index (χ0v) is 13.2. The summed E-state index contributed by atoms with van der Waals surface area (Å²) in [5.41, 5.74) is 0.911. The summed E-state index contributed by atoms with van der Waals surface area (Å²) in [6.45, 7) is 0. The molecule has 3 atom stereocenters. The molecule has 1 aliphatic carbocycles. The average Bonchev–Trinajstić information content (AvgIpc) is 2.99. The van der Waals surface area contributed by atoms with Crippen LogP contribution in [0.25, 0.3) is 0 Å². The first-order valence-electron chi connectivity index (χ1n) is 8.06. The Labute approximate surface area is 135 Å². The Morgan fingerprint density at radius 3 is 2.83 bits per heavy atom. The summed E-state index contributed by atoms with van der Waals surface area (Å²) in [4.78, 5) is 26.9. The van der Waals surface area contributed by atoms with Gasteiger partial charge in [-0.15, -0.1) is 0 Å². The number of carbonyl (C=O) groups excluding carboxylic acids is 2. The first-order valence-corrected chi connectivity index (χ1v) is 8.06. The van der Waals surface area contributed by atoms with E-state index in [-0.39, 0.29) is 17.9 Å². The SMILES string of the molecule is COC(=O)C1CC2CCCCC2N1C(=O)c1cccc(C#N)c1. The maximum Gasteiger partial charge on any atom is 0.328 e. The van der Waals surface area contributed by atoms with E-state index in [1.165, 1.54) is 7.11 Å². The van der Waals surface area contributed by atoms with E-state index in [1.807, 2.05) is 0 Å². The third kappa shape index (κ3) is 2.81. The van der Waals surface area contributed by atoms with Gasteiger partial charge in [0, 0.05) is 11.6 Å². The Morgan fingerprint density at radius 1 is 1.30 bits per heavy atom. The van der Waals surface area contributed by atoms with Crippen molar-refractivity contribution in [2.75, 3.05) is 7.11 Å². The molecule has 1 aliphatic heterocycles. The monoisotopic (exact) mass is 312 g/mol. The molecule has 5 heteroatoms. The normalized spacial score (nSPS) is 26.3. The number of amides is 1. The quantitative estimate of drug-likeness (QED) is 0.787. The summed E-state index contributed by atoms with van der Waals surface area (Å²) in [5.74, 6) is -0.146. The van der Waals surface area contributed by atoms with Gasteiger partial charge in [0.15, 0.2) is 0 Å². The number of hydrogen-bond acceptors (Lipinski definition) is 4. The van der Waals surface area contributed by atoms with Gasteiger partial charge in [-0.25, -0.2) is 4.79 Å². The minimum atomic E-state index is -0.508. The van der Waals surface area contributed by atoms with Crippen molar-refractivity contribution in [1.82, 2.24) is 4.90 Å². The summed E-state index contributed by atoms with van der Waals surface area (Å²) >= 11 is 0. The van der Waals surface area contributed by atoms with Gasteiger partial charge in [0.1, 0.15) is 6.04 Å². The van der Waals surface area contributed by atoms with E-state index in [0.717, 1.165) is 25.7 Å². The highest BCUT2D eigenvalue weighted by Gasteiger charge is 2.48. The fourth-order valence-electron chi connectivity index (χ4n) is 3.97. The first-order chi connectivity index (χ1) is 11.2. The molecule has 0 bridgehead atoms. The summed E-state index contributed by atoms with van der Waals surface area (Å²) in [6.07, 6.45) is 4.90. The fraction of sp³-hybridized carbons (Fsp3) is 0.500. The molecular weight excluding hydrogens is 292 g/mol. The topological polar surface area (TPSA) is 70.4 Å². The Hall–Kier alpha value is -2.35.